The zero-order valence-corrected chi connectivity index (χ0v) is 22.5. The number of rotatable bonds is 5. The first-order valence-electron chi connectivity index (χ1n) is 12.0. The van der Waals surface area contributed by atoms with Crippen LogP contribution in [0.2, 0.25) is 5.02 Å². The second-order valence-electron chi connectivity index (χ2n) is 9.24. The Morgan fingerprint density at radius 1 is 0.923 bits per heavy atom. The molecule has 1 unspecified atom stereocenters. The Morgan fingerprint density at radius 2 is 1.72 bits per heavy atom. The Kier molecular flexibility index (Phi) is 5.96. The first-order valence-corrected chi connectivity index (χ1v) is 13.8. The Labute approximate surface area is 230 Å². The predicted molar refractivity (Wildman–Crippen MR) is 151 cm³/mol. The van der Waals surface area contributed by atoms with Crippen molar-refractivity contribution in [3.63, 3.8) is 0 Å². The molecule has 194 valence electrons. The first-order chi connectivity index (χ1) is 18.7. The van der Waals surface area contributed by atoms with E-state index in [0.717, 1.165) is 16.7 Å². The molecule has 2 aromatic heterocycles. The van der Waals surface area contributed by atoms with Crippen molar-refractivity contribution in [1.29, 1.82) is 0 Å². The number of hydroxylamine groups is 1. The minimum Gasteiger partial charge on any atom is -0.264 e. The van der Waals surface area contributed by atoms with Gasteiger partial charge in [0, 0.05) is 42.2 Å². The summed E-state index contributed by atoms with van der Waals surface area (Å²) in [6.07, 6.45) is 4.96. The summed E-state index contributed by atoms with van der Waals surface area (Å²) in [5, 5.41) is 0.866. The van der Waals surface area contributed by atoms with E-state index in [4.69, 9.17) is 15.9 Å². The number of aryl methyl sites for hydroxylation is 1. The molecule has 5 aromatic rings. The Hall–Kier alpha value is -4.15. The number of nitrogens with zero attached hydrogens (tertiary/aromatic N) is 4. The summed E-state index contributed by atoms with van der Waals surface area (Å²) < 4.78 is 32.5. The molecule has 1 aliphatic heterocycles. The summed E-state index contributed by atoms with van der Waals surface area (Å²) in [6.45, 7) is 1.85. The Bertz CT molecular complexity index is 1860. The molecule has 0 aliphatic carbocycles. The van der Waals surface area contributed by atoms with Gasteiger partial charge < -0.3 is 0 Å². The van der Waals surface area contributed by atoms with E-state index in [1.54, 1.807) is 56.0 Å². The maximum atomic E-state index is 14.2. The van der Waals surface area contributed by atoms with Gasteiger partial charge in [-0.05, 0) is 57.8 Å². The topological polar surface area (TPSA) is 89.5 Å². The molecule has 0 bridgehead atoms. The molecule has 3 heterocycles. The van der Waals surface area contributed by atoms with Gasteiger partial charge in [-0.15, -0.1) is 0 Å². The maximum Gasteiger partial charge on any atom is 0.468 e. The number of quaternary nitrogens is 1. The maximum absolute atomic E-state index is 14.2. The van der Waals surface area contributed by atoms with Gasteiger partial charge in [-0.1, -0.05) is 47.5 Å². The summed E-state index contributed by atoms with van der Waals surface area (Å²) in [7, 11) is -2.90. The third-order valence-corrected chi connectivity index (χ3v) is 8.24. The number of benzene rings is 3. The van der Waals surface area contributed by atoms with E-state index in [9.17, 15) is 13.2 Å². The molecule has 0 N–H and O–H groups in total. The summed E-state index contributed by atoms with van der Waals surface area (Å²) in [4.78, 5) is 24.2. The van der Waals surface area contributed by atoms with Crippen molar-refractivity contribution in [3.8, 4) is 11.1 Å². The molecule has 0 saturated carbocycles. The number of amides is 2. The number of fused-ring (bicyclic) bond motifs is 3. The van der Waals surface area contributed by atoms with Crippen LogP contribution in [-0.4, -0.2) is 31.5 Å². The molecule has 8 nitrogen and oxygen atoms in total. The lowest BCUT2D eigenvalue weighted by Crippen LogP contribution is -2.51. The summed E-state index contributed by atoms with van der Waals surface area (Å²) in [5.74, 6) is 0. The number of hydrogen-bond acceptors (Lipinski definition) is 6. The highest BCUT2D eigenvalue weighted by molar-refractivity contribution is 7.86. The van der Waals surface area contributed by atoms with Crippen LogP contribution in [0.3, 0.4) is 0 Å². The second kappa shape index (κ2) is 9.25. The fourth-order valence-corrected chi connectivity index (χ4v) is 6.05. The highest BCUT2D eigenvalue weighted by Gasteiger charge is 2.60. The molecule has 1 aliphatic rings. The van der Waals surface area contributed by atoms with Crippen molar-refractivity contribution in [1.82, 2.24) is 14.6 Å². The van der Waals surface area contributed by atoms with Gasteiger partial charge in [0.2, 0.25) is 5.69 Å². The van der Waals surface area contributed by atoms with Crippen LogP contribution >= 0.6 is 11.6 Å². The van der Waals surface area contributed by atoms with Crippen molar-refractivity contribution >= 4 is 55.7 Å². The molecule has 39 heavy (non-hydrogen) atoms. The third kappa shape index (κ3) is 4.07. The van der Waals surface area contributed by atoms with Gasteiger partial charge in [0.25, 0.3) is 0 Å². The fraction of sp³-hybridized carbons (Fsp3) is 0.0690. The molecule has 10 heteroatoms. The van der Waals surface area contributed by atoms with Crippen LogP contribution in [0.15, 0.2) is 102 Å². The van der Waals surface area contributed by atoms with Gasteiger partial charge in [-0.25, -0.2) is 4.79 Å². The van der Waals surface area contributed by atoms with Crippen molar-refractivity contribution in [2.45, 2.75) is 11.8 Å². The Morgan fingerprint density at radius 3 is 2.44 bits per heavy atom. The van der Waals surface area contributed by atoms with Crippen LogP contribution in [0.1, 0.15) is 5.56 Å². The number of anilines is 1. The number of hydrogen-bond donors (Lipinski definition) is 0. The molecule has 0 saturated heterocycles. The quantitative estimate of drug-likeness (QED) is 0.221. The number of halogens is 1. The van der Waals surface area contributed by atoms with Crippen LogP contribution in [0.5, 0.6) is 0 Å². The number of aromatic nitrogens is 2. The van der Waals surface area contributed by atoms with Crippen molar-refractivity contribution in [3.05, 3.63) is 108 Å². The Balaban J connectivity index is 1.68. The summed E-state index contributed by atoms with van der Waals surface area (Å²) in [5.41, 5.74) is 4.07. The molecular weight excluding hydrogens is 536 g/mol. The van der Waals surface area contributed by atoms with Crippen LogP contribution in [0, 0.1) is 6.92 Å². The zero-order valence-electron chi connectivity index (χ0n) is 20.9. The van der Waals surface area contributed by atoms with Gasteiger partial charge in [0.15, 0.2) is 5.69 Å². The SMILES string of the molecule is Cc1ccc(S(=O)(=O)O[N+]2(c3cccc(Cl)c3)C(=O)N(C)c3cnc4ccc(-c5cccnc5)cc4c32)cc1. The number of pyridine rings is 2. The van der Waals surface area contributed by atoms with Gasteiger partial charge in [-0.3, -0.25) is 14.9 Å². The van der Waals surface area contributed by atoms with Crippen LogP contribution in [-0.2, 0) is 14.4 Å². The average molecular weight is 558 g/mol. The lowest BCUT2D eigenvalue weighted by molar-refractivity contribution is 0.0639. The normalized spacial score (nSPS) is 17.0. The second-order valence-corrected chi connectivity index (χ2v) is 11.2. The minimum atomic E-state index is -4.46. The third-order valence-electron chi connectivity index (χ3n) is 6.74. The number of urea groups is 1. The largest absolute Gasteiger partial charge is 0.468 e. The lowest BCUT2D eigenvalue weighted by Gasteiger charge is -2.27. The predicted octanol–water partition coefficient (Wildman–Crippen LogP) is 6.79. The first kappa shape index (κ1) is 25.1. The molecule has 0 spiro atoms. The van der Waals surface area contributed by atoms with E-state index in [2.05, 4.69) is 9.97 Å². The molecule has 1 atom stereocenters. The molecule has 6 rings (SSSR count). The zero-order chi connectivity index (χ0) is 27.4. The van der Waals surface area contributed by atoms with E-state index >= 15 is 0 Å². The van der Waals surface area contributed by atoms with Crippen LogP contribution in [0.4, 0.5) is 21.9 Å². The monoisotopic (exact) mass is 557 g/mol. The van der Waals surface area contributed by atoms with Gasteiger partial charge >= 0.3 is 16.1 Å². The average Bonchev–Trinajstić information content (AvgIpc) is 3.16. The number of carbonyl (C=O) groups excluding carboxylic acids is 1. The van der Waals surface area contributed by atoms with E-state index in [1.807, 2.05) is 37.3 Å². The molecule has 0 radical (unpaired) electrons. The standard InChI is InChI=1S/C29H22ClN4O4S/c1-19-8-11-24(12-9-19)39(36,37)38-34(23-7-3-6-22(30)16-23)28-25-15-20(21-5-4-14-31-17-21)10-13-26(25)32-18-27(28)33(2)29(34)35/h3-18H,1-2H3/q+1. The molecule has 3 aromatic carbocycles. The highest BCUT2D eigenvalue weighted by atomic mass is 35.5. The van der Waals surface area contributed by atoms with E-state index in [1.165, 1.54) is 23.1 Å². The molecule has 2 amide bonds. The van der Waals surface area contributed by atoms with Crippen LogP contribution < -0.4 is 9.55 Å². The number of carbonyl (C=O) groups is 1. The smallest absolute Gasteiger partial charge is 0.264 e. The minimum absolute atomic E-state index is 0.0778. The highest BCUT2D eigenvalue weighted by Crippen LogP contribution is 2.53. The van der Waals surface area contributed by atoms with Crippen molar-refractivity contribution < 1.29 is 17.5 Å². The van der Waals surface area contributed by atoms with E-state index in [0.29, 0.717) is 27.3 Å². The summed E-state index contributed by atoms with van der Waals surface area (Å²) in [6, 6.07) is 21.4. The van der Waals surface area contributed by atoms with E-state index < -0.39 is 20.8 Å². The van der Waals surface area contributed by atoms with E-state index in [-0.39, 0.29) is 10.6 Å². The van der Waals surface area contributed by atoms with Gasteiger partial charge in [0.05, 0.1) is 22.0 Å². The van der Waals surface area contributed by atoms with Crippen molar-refractivity contribution in [2.24, 2.45) is 0 Å². The summed E-state index contributed by atoms with van der Waals surface area (Å²) >= 11 is 6.37. The molecule has 0 fully saturated rings. The van der Waals surface area contributed by atoms with Gasteiger partial charge in [0.1, 0.15) is 5.69 Å². The van der Waals surface area contributed by atoms with Gasteiger partial charge in [-0.2, -0.15) is 8.42 Å². The lowest BCUT2D eigenvalue weighted by atomic mass is 10.0. The fourth-order valence-electron chi connectivity index (χ4n) is 4.79. The molecular formula is C29H22ClN4O4S+. The van der Waals surface area contributed by atoms with Crippen LogP contribution in [0.25, 0.3) is 22.0 Å². The van der Waals surface area contributed by atoms with Crippen molar-refractivity contribution in [2.75, 3.05) is 11.9 Å².